The van der Waals surface area contributed by atoms with Crippen molar-refractivity contribution in [2.24, 2.45) is 4.99 Å². The lowest BCUT2D eigenvalue weighted by Crippen LogP contribution is -2.13. The number of nitrogen functional groups attached to an aromatic ring is 1. The fourth-order valence-corrected chi connectivity index (χ4v) is 1.39. The molecule has 0 saturated carbocycles. The second-order valence-corrected chi connectivity index (χ2v) is 3.16. The molecule has 5 nitrogen and oxygen atoms in total. The number of aromatic nitrogens is 1. The summed E-state index contributed by atoms with van der Waals surface area (Å²) in [5, 5.41) is 10.6. The lowest BCUT2D eigenvalue weighted by Gasteiger charge is -1.95. The van der Waals surface area contributed by atoms with Gasteiger partial charge < -0.3 is 10.8 Å². The fourth-order valence-electron chi connectivity index (χ4n) is 0.840. The molecular weight excluding hydrogens is 190 g/mol. The zero-order valence-corrected chi connectivity index (χ0v) is 7.84. The van der Waals surface area contributed by atoms with Crippen LogP contribution in [-0.2, 0) is 4.79 Å². The summed E-state index contributed by atoms with van der Waals surface area (Å²) >= 11 is 1.23. The summed E-state index contributed by atoms with van der Waals surface area (Å²) in [5.74, 6) is -0.237. The molecule has 3 N–H and O–H groups in total. The number of nitrogens with two attached hydrogens (primary N) is 1. The van der Waals surface area contributed by atoms with Crippen LogP contribution in [0.1, 0.15) is 12.6 Å². The van der Waals surface area contributed by atoms with Crippen LogP contribution in [0.5, 0.6) is 0 Å². The van der Waals surface area contributed by atoms with Crippen LogP contribution in [-0.4, -0.2) is 28.3 Å². The number of hydrogen-bond acceptors (Lipinski definition) is 6. The van der Waals surface area contributed by atoms with Crippen molar-refractivity contribution >= 4 is 28.0 Å². The smallest absolute Gasteiger partial charge is 0.180 e. The number of carbonyl (C=O) groups excluding carboxylic acids is 1. The molecule has 0 aliphatic heterocycles. The highest BCUT2D eigenvalue weighted by atomic mass is 32.1. The van der Waals surface area contributed by atoms with Crippen molar-refractivity contribution in [3.8, 4) is 0 Å². The topological polar surface area (TPSA) is 88.6 Å². The van der Waals surface area contributed by atoms with Crippen molar-refractivity contribution in [3.05, 3.63) is 11.1 Å². The molecule has 0 bridgehead atoms. The average molecular weight is 199 g/mol. The van der Waals surface area contributed by atoms with Gasteiger partial charge in [-0.15, -0.1) is 11.3 Å². The number of hydrogen-bond donors (Lipinski definition) is 2. The van der Waals surface area contributed by atoms with Crippen molar-refractivity contribution in [2.45, 2.75) is 6.92 Å². The lowest BCUT2D eigenvalue weighted by molar-refractivity contribution is -0.111. The number of nitrogens with zero attached hydrogens (tertiary/aromatic N) is 2. The number of thiazole rings is 1. The number of aliphatic imine (C=N–C) groups is 1. The number of rotatable bonds is 3. The molecule has 1 rings (SSSR count). The molecule has 1 aromatic rings. The van der Waals surface area contributed by atoms with Gasteiger partial charge in [0.2, 0.25) is 0 Å². The number of Topliss-reactive ketones (excluding diaryl/α,β-unsaturated/α-hetero) is 1. The van der Waals surface area contributed by atoms with E-state index in [2.05, 4.69) is 9.98 Å². The highest BCUT2D eigenvalue weighted by molar-refractivity contribution is 7.13. The highest BCUT2D eigenvalue weighted by Crippen LogP contribution is 2.12. The summed E-state index contributed by atoms with van der Waals surface area (Å²) in [4.78, 5) is 18.5. The summed E-state index contributed by atoms with van der Waals surface area (Å²) in [5.41, 5.74) is 5.97. The van der Waals surface area contributed by atoms with E-state index in [1.165, 1.54) is 18.3 Å². The van der Waals surface area contributed by atoms with E-state index < -0.39 is 6.73 Å². The van der Waals surface area contributed by atoms with Crippen molar-refractivity contribution in [2.75, 3.05) is 12.5 Å². The Labute approximate surface area is 78.9 Å². The van der Waals surface area contributed by atoms with Crippen molar-refractivity contribution in [3.63, 3.8) is 0 Å². The van der Waals surface area contributed by atoms with Gasteiger partial charge in [-0.3, -0.25) is 9.79 Å². The minimum Gasteiger partial charge on any atom is -0.375 e. The van der Waals surface area contributed by atoms with Gasteiger partial charge in [-0.2, -0.15) is 0 Å². The SMILES string of the molecule is CC(=O)C(=NCO)c1csc(N)n1. The molecule has 1 aromatic heterocycles. The summed E-state index contributed by atoms with van der Waals surface area (Å²) < 4.78 is 0. The molecule has 1 heterocycles. The van der Waals surface area contributed by atoms with Gasteiger partial charge in [0.05, 0.1) is 0 Å². The van der Waals surface area contributed by atoms with E-state index in [1.807, 2.05) is 0 Å². The molecule has 0 unspecified atom stereocenters. The molecular formula is C7H9N3O2S. The molecule has 0 spiro atoms. The van der Waals surface area contributed by atoms with Crippen LogP contribution in [0.15, 0.2) is 10.4 Å². The molecule has 6 heteroatoms. The van der Waals surface area contributed by atoms with Gasteiger partial charge in [0, 0.05) is 12.3 Å². The number of ketones is 1. The van der Waals surface area contributed by atoms with E-state index >= 15 is 0 Å². The predicted molar refractivity (Wildman–Crippen MR) is 50.8 cm³/mol. The van der Waals surface area contributed by atoms with Crippen LogP contribution >= 0.6 is 11.3 Å². The molecule has 0 atom stereocenters. The minimum atomic E-state index is -0.424. The first-order valence-corrected chi connectivity index (χ1v) is 4.40. The molecule has 0 saturated heterocycles. The Morgan fingerprint density at radius 3 is 2.92 bits per heavy atom. The summed E-state index contributed by atoms with van der Waals surface area (Å²) in [6, 6.07) is 0. The van der Waals surface area contributed by atoms with E-state index in [-0.39, 0.29) is 11.5 Å². The van der Waals surface area contributed by atoms with E-state index in [4.69, 9.17) is 10.8 Å². The Morgan fingerprint density at radius 2 is 2.54 bits per heavy atom. The first kappa shape index (κ1) is 9.82. The first-order valence-electron chi connectivity index (χ1n) is 3.52. The molecule has 13 heavy (non-hydrogen) atoms. The first-order chi connectivity index (χ1) is 6.15. The zero-order chi connectivity index (χ0) is 9.84. The lowest BCUT2D eigenvalue weighted by atomic mass is 10.2. The van der Waals surface area contributed by atoms with Crippen LogP contribution in [0, 0.1) is 0 Å². The predicted octanol–water partition coefficient (Wildman–Crippen LogP) is 0.0532. The van der Waals surface area contributed by atoms with E-state index in [0.717, 1.165) is 0 Å². The highest BCUT2D eigenvalue weighted by Gasteiger charge is 2.11. The van der Waals surface area contributed by atoms with E-state index in [9.17, 15) is 4.79 Å². The summed E-state index contributed by atoms with van der Waals surface area (Å²) in [6.07, 6.45) is 0. The Bertz CT molecular complexity index is 345. The van der Waals surface area contributed by atoms with Crippen LogP contribution in [0.4, 0.5) is 5.13 Å². The van der Waals surface area contributed by atoms with Gasteiger partial charge in [-0.05, 0) is 0 Å². The van der Waals surface area contributed by atoms with Crippen LogP contribution in [0.2, 0.25) is 0 Å². The molecule has 0 aliphatic carbocycles. The Kier molecular flexibility index (Phi) is 3.10. The number of anilines is 1. The summed E-state index contributed by atoms with van der Waals surface area (Å²) in [7, 11) is 0. The third-order valence-corrected chi connectivity index (χ3v) is 2.00. The number of carbonyl (C=O) groups is 1. The van der Waals surface area contributed by atoms with Crippen LogP contribution < -0.4 is 5.73 Å². The third kappa shape index (κ3) is 2.33. The molecule has 0 aromatic carbocycles. The minimum absolute atomic E-state index is 0.162. The zero-order valence-electron chi connectivity index (χ0n) is 7.02. The van der Waals surface area contributed by atoms with Crippen LogP contribution in [0.25, 0.3) is 0 Å². The largest absolute Gasteiger partial charge is 0.375 e. The molecule has 0 radical (unpaired) electrons. The average Bonchev–Trinajstić information content (AvgIpc) is 2.46. The second kappa shape index (κ2) is 4.11. The standard InChI is InChI=1S/C7H9N3O2S/c1-4(12)6(9-3-11)5-2-13-7(8)10-5/h2,11H,3H2,1H3,(H2,8,10). The maximum atomic E-state index is 11.0. The monoisotopic (exact) mass is 199 g/mol. The summed E-state index contributed by atoms with van der Waals surface area (Å²) in [6.45, 7) is 0.941. The van der Waals surface area contributed by atoms with Crippen molar-refractivity contribution < 1.29 is 9.90 Å². The van der Waals surface area contributed by atoms with Gasteiger partial charge in [0.25, 0.3) is 0 Å². The second-order valence-electron chi connectivity index (χ2n) is 2.28. The van der Waals surface area contributed by atoms with Gasteiger partial charge in [-0.1, -0.05) is 0 Å². The van der Waals surface area contributed by atoms with Gasteiger partial charge in [0.1, 0.15) is 18.1 Å². The van der Waals surface area contributed by atoms with E-state index in [0.29, 0.717) is 10.8 Å². The quantitative estimate of drug-likeness (QED) is 0.673. The van der Waals surface area contributed by atoms with Gasteiger partial charge in [0.15, 0.2) is 10.9 Å². The third-order valence-electron chi connectivity index (χ3n) is 1.33. The van der Waals surface area contributed by atoms with Crippen molar-refractivity contribution in [1.29, 1.82) is 0 Å². The Balaban J connectivity index is 3.02. The fraction of sp³-hybridized carbons (Fsp3) is 0.286. The molecule has 70 valence electrons. The number of aliphatic hydroxyl groups is 1. The molecule has 0 amide bonds. The van der Waals surface area contributed by atoms with E-state index in [1.54, 1.807) is 5.38 Å². The molecule has 0 aliphatic rings. The normalized spacial score (nSPS) is 11.7. The van der Waals surface area contributed by atoms with Gasteiger partial charge in [-0.25, -0.2) is 4.98 Å². The Hall–Kier alpha value is -1.27. The number of aliphatic hydroxyl groups excluding tert-OH is 1. The maximum absolute atomic E-state index is 11.0. The van der Waals surface area contributed by atoms with Crippen molar-refractivity contribution in [1.82, 2.24) is 4.98 Å². The Morgan fingerprint density at radius 1 is 1.85 bits per heavy atom. The molecule has 0 fully saturated rings. The van der Waals surface area contributed by atoms with Gasteiger partial charge >= 0.3 is 0 Å². The maximum Gasteiger partial charge on any atom is 0.180 e. The van der Waals surface area contributed by atoms with Crippen LogP contribution in [0.3, 0.4) is 0 Å².